The summed E-state index contributed by atoms with van der Waals surface area (Å²) in [6.45, 7) is 1.96. The molecule has 1 N–H and O–H groups in total. The molecule has 4 heteroatoms. The van der Waals surface area contributed by atoms with Crippen LogP contribution in [0, 0.1) is 0 Å². The fourth-order valence-corrected chi connectivity index (χ4v) is 4.59. The van der Waals surface area contributed by atoms with Crippen LogP contribution < -0.4 is 10.1 Å². The maximum absolute atomic E-state index is 5.88. The Bertz CT molecular complexity index is 448. The highest BCUT2D eigenvalue weighted by atomic mass is 79.9. The summed E-state index contributed by atoms with van der Waals surface area (Å²) in [6, 6.07) is 6.88. The zero-order valence-corrected chi connectivity index (χ0v) is 14.1. The van der Waals surface area contributed by atoms with E-state index in [0.717, 1.165) is 35.0 Å². The lowest BCUT2D eigenvalue weighted by molar-refractivity contribution is 0.315. The van der Waals surface area contributed by atoms with Crippen molar-refractivity contribution in [3.05, 3.63) is 28.2 Å². The summed E-state index contributed by atoms with van der Waals surface area (Å²) < 4.78 is 6.97. The van der Waals surface area contributed by atoms with E-state index in [2.05, 4.69) is 51.2 Å². The average Bonchev–Trinajstić information content (AvgIpc) is 2.68. The zero-order chi connectivity index (χ0) is 13.8. The number of hydrogen-bond acceptors (Lipinski definition) is 3. The first-order valence-electron chi connectivity index (χ1n) is 7.60. The Labute approximate surface area is 134 Å². The predicted octanol–water partition coefficient (Wildman–Crippen LogP) is 4.54. The lowest BCUT2D eigenvalue weighted by Gasteiger charge is -2.25. The summed E-state index contributed by atoms with van der Waals surface area (Å²) in [5, 5.41) is 4.59. The van der Waals surface area contributed by atoms with E-state index in [1.54, 1.807) is 0 Å². The van der Waals surface area contributed by atoms with E-state index in [1.807, 2.05) is 0 Å². The van der Waals surface area contributed by atoms with Gasteiger partial charge in [0.2, 0.25) is 0 Å². The van der Waals surface area contributed by atoms with E-state index in [0.29, 0.717) is 6.04 Å². The van der Waals surface area contributed by atoms with E-state index < -0.39 is 0 Å². The van der Waals surface area contributed by atoms with Crippen LogP contribution in [0.15, 0.2) is 22.7 Å². The van der Waals surface area contributed by atoms with Gasteiger partial charge in [-0.25, -0.2) is 0 Å². The van der Waals surface area contributed by atoms with Gasteiger partial charge in [0, 0.05) is 27.9 Å². The SMILES string of the molecule is Brc1ccc2c(c1)OCCCC2NCC1CCCCS1. The predicted molar refractivity (Wildman–Crippen MR) is 89.7 cm³/mol. The maximum Gasteiger partial charge on any atom is 0.125 e. The molecule has 1 aromatic carbocycles. The van der Waals surface area contributed by atoms with E-state index >= 15 is 0 Å². The van der Waals surface area contributed by atoms with Crippen LogP contribution in [-0.2, 0) is 0 Å². The van der Waals surface area contributed by atoms with Crippen molar-refractivity contribution >= 4 is 27.7 Å². The lowest BCUT2D eigenvalue weighted by atomic mass is 10.0. The Kier molecular flexibility index (Phi) is 5.30. The van der Waals surface area contributed by atoms with Gasteiger partial charge in [0.15, 0.2) is 0 Å². The van der Waals surface area contributed by atoms with Crippen molar-refractivity contribution in [2.24, 2.45) is 0 Å². The average molecular weight is 356 g/mol. The molecule has 2 heterocycles. The number of hydrogen-bond donors (Lipinski definition) is 1. The van der Waals surface area contributed by atoms with Crippen molar-refractivity contribution in [2.45, 2.75) is 43.4 Å². The second-order valence-electron chi connectivity index (χ2n) is 5.62. The van der Waals surface area contributed by atoms with Gasteiger partial charge in [-0.05, 0) is 43.6 Å². The van der Waals surface area contributed by atoms with Crippen LogP contribution >= 0.6 is 27.7 Å². The van der Waals surface area contributed by atoms with Crippen LogP contribution in [-0.4, -0.2) is 24.2 Å². The molecule has 0 amide bonds. The minimum Gasteiger partial charge on any atom is -0.493 e. The quantitative estimate of drug-likeness (QED) is 0.859. The first-order valence-corrected chi connectivity index (χ1v) is 9.44. The molecule has 1 saturated heterocycles. The number of ether oxygens (including phenoxy) is 1. The van der Waals surface area contributed by atoms with Gasteiger partial charge in [0.05, 0.1) is 6.61 Å². The van der Waals surface area contributed by atoms with Crippen LogP contribution in [0.25, 0.3) is 0 Å². The zero-order valence-electron chi connectivity index (χ0n) is 11.7. The second kappa shape index (κ2) is 7.19. The number of benzene rings is 1. The molecule has 0 bridgehead atoms. The molecule has 2 atom stereocenters. The minimum absolute atomic E-state index is 0.447. The topological polar surface area (TPSA) is 21.3 Å². The largest absolute Gasteiger partial charge is 0.493 e. The van der Waals surface area contributed by atoms with E-state index in [4.69, 9.17) is 4.74 Å². The van der Waals surface area contributed by atoms with Crippen LogP contribution in [0.3, 0.4) is 0 Å². The normalized spacial score (nSPS) is 26.4. The molecule has 0 aromatic heterocycles. The molecule has 2 aliphatic heterocycles. The van der Waals surface area contributed by atoms with Gasteiger partial charge in [-0.2, -0.15) is 11.8 Å². The molecule has 0 aliphatic carbocycles. The van der Waals surface area contributed by atoms with Crippen LogP contribution in [0.5, 0.6) is 5.75 Å². The van der Waals surface area contributed by atoms with Crippen molar-refractivity contribution in [2.75, 3.05) is 18.9 Å². The Morgan fingerprint density at radius 2 is 2.20 bits per heavy atom. The molecule has 1 aromatic rings. The van der Waals surface area contributed by atoms with Crippen molar-refractivity contribution < 1.29 is 4.74 Å². The van der Waals surface area contributed by atoms with Crippen molar-refractivity contribution in [3.8, 4) is 5.75 Å². The Morgan fingerprint density at radius 1 is 1.25 bits per heavy atom. The van der Waals surface area contributed by atoms with Crippen molar-refractivity contribution in [1.29, 1.82) is 0 Å². The summed E-state index contributed by atoms with van der Waals surface area (Å²) in [4.78, 5) is 0. The van der Waals surface area contributed by atoms with Gasteiger partial charge in [-0.1, -0.05) is 28.4 Å². The number of rotatable bonds is 3. The molecule has 0 saturated carbocycles. The number of fused-ring (bicyclic) bond motifs is 1. The summed E-state index contributed by atoms with van der Waals surface area (Å²) in [5.41, 5.74) is 1.33. The molecule has 0 radical (unpaired) electrons. The molecule has 20 heavy (non-hydrogen) atoms. The molecule has 2 nitrogen and oxygen atoms in total. The number of nitrogens with one attached hydrogen (secondary N) is 1. The molecular formula is C16H22BrNOS. The van der Waals surface area contributed by atoms with Gasteiger partial charge in [0.1, 0.15) is 5.75 Å². The highest BCUT2D eigenvalue weighted by Crippen LogP contribution is 2.34. The van der Waals surface area contributed by atoms with Crippen LogP contribution in [0.1, 0.15) is 43.7 Å². The summed E-state index contributed by atoms with van der Waals surface area (Å²) in [5.74, 6) is 2.38. The minimum atomic E-state index is 0.447. The number of thioether (sulfide) groups is 1. The van der Waals surface area contributed by atoms with Gasteiger partial charge in [-0.3, -0.25) is 0 Å². The summed E-state index contributed by atoms with van der Waals surface area (Å²) in [7, 11) is 0. The van der Waals surface area contributed by atoms with Crippen molar-refractivity contribution in [1.82, 2.24) is 5.32 Å². The maximum atomic E-state index is 5.88. The smallest absolute Gasteiger partial charge is 0.125 e. The van der Waals surface area contributed by atoms with Gasteiger partial charge in [-0.15, -0.1) is 0 Å². The summed E-state index contributed by atoms with van der Waals surface area (Å²) >= 11 is 5.67. The summed E-state index contributed by atoms with van der Waals surface area (Å²) in [6.07, 6.45) is 6.47. The van der Waals surface area contributed by atoms with Gasteiger partial charge >= 0.3 is 0 Å². The third-order valence-electron chi connectivity index (χ3n) is 4.11. The third kappa shape index (κ3) is 3.71. The monoisotopic (exact) mass is 355 g/mol. The highest BCUT2D eigenvalue weighted by Gasteiger charge is 2.21. The van der Waals surface area contributed by atoms with Crippen LogP contribution in [0.2, 0.25) is 0 Å². The first-order chi connectivity index (χ1) is 9.83. The van der Waals surface area contributed by atoms with Gasteiger partial charge < -0.3 is 10.1 Å². The second-order valence-corrected chi connectivity index (χ2v) is 7.95. The highest BCUT2D eigenvalue weighted by molar-refractivity contribution is 9.10. The Hall–Kier alpha value is -0.190. The Balaban J connectivity index is 1.66. The molecule has 1 fully saturated rings. The fraction of sp³-hybridized carbons (Fsp3) is 0.625. The molecule has 3 rings (SSSR count). The first kappa shape index (κ1) is 14.7. The fourth-order valence-electron chi connectivity index (χ4n) is 3.00. The standard InChI is InChI=1S/C16H22BrNOS/c17-12-6-7-14-15(5-3-8-19-16(14)10-12)18-11-13-4-1-2-9-20-13/h6-7,10,13,15,18H,1-5,8-9,11H2. The van der Waals surface area contributed by atoms with Crippen molar-refractivity contribution in [3.63, 3.8) is 0 Å². The molecule has 2 aliphatic rings. The number of halogens is 1. The molecule has 2 unspecified atom stereocenters. The van der Waals surface area contributed by atoms with E-state index in [9.17, 15) is 0 Å². The third-order valence-corrected chi connectivity index (χ3v) is 6.00. The molecule has 110 valence electrons. The van der Waals surface area contributed by atoms with E-state index in [1.165, 1.54) is 37.0 Å². The van der Waals surface area contributed by atoms with Gasteiger partial charge in [0.25, 0.3) is 0 Å². The molecular weight excluding hydrogens is 334 g/mol. The van der Waals surface area contributed by atoms with Crippen LogP contribution in [0.4, 0.5) is 0 Å². The van der Waals surface area contributed by atoms with E-state index in [-0.39, 0.29) is 0 Å². The Morgan fingerprint density at radius 3 is 3.05 bits per heavy atom. The molecule has 0 spiro atoms. The lowest BCUT2D eigenvalue weighted by Crippen LogP contribution is -2.30.